The average molecular weight is 257 g/mol. The summed E-state index contributed by atoms with van der Waals surface area (Å²) in [5.74, 6) is -0.863. The maximum absolute atomic E-state index is 11.0. The molecule has 0 heterocycles. The quantitative estimate of drug-likeness (QED) is 0.739. The van der Waals surface area contributed by atoms with Crippen molar-refractivity contribution >= 4 is 11.7 Å². The normalized spacial score (nSPS) is 10.2. The van der Waals surface area contributed by atoms with Gasteiger partial charge in [0.15, 0.2) is 0 Å². The third-order valence-corrected chi connectivity index (χ3v) is 2.94. The van der Waals surface area contributed by atoms with Gasteiger partial charge in [-0.15, -0.1) is 0 Å². The third-order valence-electron chi connectivity index (χ3n) is 2.94. The van der Waals surface area contributed by atoms with E-state index in [0.29, 0.717) is 16.8 Å². The van der Waals surface area contributed by atoms with Crippen LogP contribution in [-0.2, 0) is 0 Å². The van der Waals surface area contributed by atoms with Crippen LogP contribution in [-0.4, -0.2) is 23.2 Å². The van der Waals surface area contributed by atoms with Crippen LogP contribution in [0.3, 0.4) is 0 Å². The van der Waals surface area contributed by atoms with Crippen LogP contribution < -0.4 is 5.32 Å². The number of phenols is 1. The standard InChI is InChI=1S/C15H15NO3/c1-9-6-12(14(17)13(7-9)16-2)10-4-3-5-11(8-10)15(18)19/h3-8,16-17H,1-2H3,(H,18,19). The molecule has 0 fully saturated rings. The number of anilines is 1. The summed E-state index contributed by atoms with van der Waals surface area (Å²) in [6, 6.07) is 10.2. The molecule has 2 rings (SSSR count). The van der Waals surface area contributed by atoms with Crippen molar-refractivity contribution in [3.8, 4) is 16.9 Å². The van der Waals surface area contributed by atoms with Gasteiger partial charge in [-0.1, -0.05) is 12.1 Å². The number of hydrogen-bond acceptors (Lipinski definition) is 3. The van der Waals surface area contributed by atoms with Crippen LogP contribution in [0.4, 0.5) is 5.69 Å². The number of benzene rings is 2. The summed E-state index contributed by atoms with van der Waals surface area (Å²) in [5.41, 5.74) is 3.10. The smallest absolute Gasteiger partial charge is 0.335 e. The first kappa shape index (κ1) is 13.0. The first-order valence-corrected chi connectivity index (χ1v) is 5.88. The van der Waals surface area contributed by atoms with Crippen LogP contribution in [0.2, 0.25) is 0 Å². The molecule has 98 valence electrons. The average Bonchev–Trinajstić information content (AvgIpc) is 2.41. The second kappa shape index (κ2) is 5.02. The van der Waals surface area contributed by atoms with Crippen molar-refractivity contribution in [1.82, 2.24) is 0 Å². The largest absolute Gasteiger partial charge is 0.505 e. The van der Waals surface area contributed by atoms with Gasteiger partial charge in [-0.3, -0.25) is 0 Å². The Balaban J connectivity index is 2.61. The van der Waals surface area contributed by atoms with Gasteiger partial charge in [0.1, 0.15) is 5.75 Å². The molecule has 0 aliphatic carbocycles. The Bertz CT molecular complexity index is 635. The van der Waals surface area contributed by atoms with Crippen molar-refractivity contribution < 1.29 is 15.0 Å². The number of aryl methyl sites for hydroxylation is 1. The number of aromatic hydroxyl groups is 1. The zero-order valence-electron chi connectivity index (χ0n) is 10.8. The minimum absolute atomic E-state index is 0.121. The predicted molar refractivity (Wildman–Crippen MR) is 74.8 cm³/mol. The van der Waals surface area contributed by atoms with Gasteiger partial charge in [0.2, 0.25) is 0 Å². The van der Waals surface area contributed by atoms with Crippen molar-refractivity contribution in [3.63, 3.8) is 0 Å². The molecule has 0 aliphatic rings. The maximum Gasteiger partial charge on any atom is 0.335 e. The van der Waals surface area contributed by atoms with Crippen LogP contribution in [0.15, 0.2) is 36.4 Å². The number of carboxylic acids is 1. The molecular formula is C15H15NO3. The lowest BCUT2D eigenvalue weighted by Gasteiger charge is -2.12. The molecule has 0 saturated heterocycles. The van der Waals surface area contributed by atoms with Gasteiger partial charge in [0.25, 0.3) is 0 Å². The highest BCUT2D eigenvalue weighted by Crippen LogP contribution is 2.36. The first-order valence-electron chi connectivity index (χ1n) is 5.88. The molecular weight excluding hydrogens is 242 g/mol. The summed E-state index contributed by atoms with van der Waals surface area (Å²) in [5, 5.41) is 22.1. The molecule has 19 heavy (non-hydrogen) atoms. The topological polar surface area (TPSA) is 69.6 Å². The van der Waals surface area contributed by atoms with Gasteiger partial charge in [0.05, 0.1) is 11.3 Å². The Hall–Kier alpha value is -2.49. The molecule has 0 atom stereocenters. The molecule has 0 unspecified atom stereocenters. The Labute approximate surface area is 111 Å². The van der Waals surface area contributed by atoms with E-state index >= 15 is 0 Å². The van der Waals surface area contributed by atoms with Crippen molar-refractivity contribution in [3.05, 3.63) is 47.5 Å². The number of hydrogen-bond donors (Lipinski definition) is 3. The van der Waals surface area contributed by atoms with E-state index in [9.17, 15) is 9.90 Å². The molecule has 3 N–H and O–H groups in total. The number of carbonyl (C=O) groups is 1. The summed E-state index contributed by atoms with van der Waals surface area (Å²) in [6.45, 7) is 1.92. The van der Waals surface area contributed by atoms with Crippen LogP contribution in [0, 0.1) is 6.92 Å². The third kappa shape index (κ3) is 2.52. The molecule has 0 aromatic heterocycles. The van der Waals surface area contributed by atoms with E-state index in [0.717, 1.165) is 5.56 Å². The number of rotatable bonds is 3. The van der Waals surface area contributed by atoms with E-state index in [4.69, 9.17) is 5.11 Å². The van der Waals surface area contributed by atoms with E-state index in [1.54, 1.807) is 25.2 Å². The highest BCUT2D eigenvalue weighted by atomic mass is 16.4. The Morgan fingerprint density at radius 2 is 1.95 bits per heavy atom. The highest BCUT2D eigenvalue weighted by Gasteiger charge is 2.11. The summed E-state index contributed by atoms with van der Waals surface area (Å²) < 4.78 is 0. The zero-order chi connectivity index (χ0) is 14.0. The summed E-state index contributed by atoms with van der Waals surface area (Å²) in [4.78, 5) is 11.0. The Morgan fingerprint density at radius 3 is 2.58 bits per heavy atom. The number of aromatic carboxylic acids is 1. The van der Waals surface area contributed by atoms with Crippen molar-refractivity contribution in [2.75, 3.05) is 12.4 Å². The molecule has 0 radical (unpaired) electrons. The molecule has 0 bridgehead atoms. The highest BCUT2D eigenvalue weighted by molar-refractivity contribution is 5.90. The molecule has 0 amide bonds. The predicted octanol–water partition coefficient (Wildman–Crippen LogP) is 3.11. The van der Waals surface area contributed by atoms with E-state index in [1.807, 2.05) is 19.1 Å². The van der Waals surface area contributed by atoms with Gasteiger partial charge in [-0.05, 0) is 42.3 Å². The summed E-state index contributed by atoms with van der Waals surface area (Å²) in [7, 11) is 1.73. The van der Waals surface area contributed by atoms with Crippen LogP contribution in [0.5, 0.6) is 5.75 Å². The Kier molecular flexibility index (Phi) is 3.42. The van der Waals surface area contributed by atoms with Crippen molar-refractivity contribution in [1.29, 1.82) is 0 Å². The van der Waals surface area contributed by atoms with E-state index < -0.39 is 5.97 Å². The second-order valence-electron chi connectivity index (χ2n) is 4.34. The molecule has 2 aromatic rings. The lowest BCUT2D eigenvalue weighted by molar-refractivity contribution is 0.0697. The van der Waals surface area contributed by atoms with Gasteiger partial charge < -0.3 is 15.5 Å². The van der Waals surface area contributed by atoms with Gasteiger partial charge in [-0.25, -0.2) is 4.79 Å². The van der Waals surface area contributed by atoms with Gasteiger partial charge >= 0.3 is 5.97 Å². The fourth-order valence-electron chi connectivity index (χ4n) is 2.01. The fraction of sp³-hybridized carbons (Fsp3) is 0.133. The summed E-state index contributed by atoms with van der Waals surface area (Å²) >= 11 is 0. The lowest BCUT2D eigenvalue weighted by Crippen LogP contribution is -1.96. The molecule has 0 spiro atoms. The minimum atomic E-state index is -0.983. The van der Waals surface area contributed by atoms with E-state index in [2.05, 4.69) is 5.32 Å². The molecule has 4 nitrogen and oxygen atoms in total. The first-order chi connectivity index (χ1) is 9.02. The van der Waals surface area contributed by atoms with Gasteiger partial charge in [-0.2, -0.15) is 0 Å². The molecule has 0 aliphatic heterocycles. The van der Waals surface area contributed by atoms with Crippen LogP contribution in [0.25, 0.3) is 11.1 Å². The van der Waals surface area contributed by atoms with Crippen molar-refractivity contribution in [2.24, 2.45) is 0 Å². The number of phenolic OH excluding ortho intramolecular Hbond substituents is 1. The molecule has 0 saturated carbocycles. The number of nitrogens with one attached hydrogen (secondary N) is 1. The summed E-state index contributed by atoms with van der Waals surface area (Å²) in [6.07, 6.45) is 0. The van der Waals surface area contributed by atoms with Gasteiger partial charge in [0, 0.05) is 12.6 Å². The SMILES string of the molecule is CNc1cc(C)cc(-c2cccc(C(=O)O)c2)c1O. The maximum atomic E-state index is 11.0. The molecule has 2 aromatic carbocycles. The van der Waals surface area contributed by atoms with E-state index in [-0.39, 0.29) is 11.3 Å². The fourth-order valence-corrected chi connectivity index (χ4v) is 2.01. The lowest BCUT2D eigenvalue weighted by atomic mass is 9.99. The Morgan fingerprint density at radius 1 is 1.21 bits per heavy atom. The minimum Gasteiger partial charge on any atom is -0.505 e. The van der Waals surface area contributed by atoms with Crippen LogP contribution >= 0.6 is 0 Å². The zero-order valence-corrected chi connectivity index (χ0v) is 10.8. The van der Waals surface area contributed by atoms with Crippen molar-refractivity contribution in [2.45, 2.75) is 6.92 Å². The van der Waals surface area contributed by atoms with E-state index in [1.165, 1.54) is 6.07 Å². The second-order valence-corrected chi connectivity index (χ2v) is 4.34. The monoisotopic (exact) mass is 257 g/mol. The van der Waals surface area contributed by atoms with Crippen LogP contribution in [0.1, 0.15) is 15.9 Å². The number of carboxylic acid groups (broad SMARTS) is 1. The molecule has 4 heteroatoms.